The van der Waals surface area contributed by atoms with Crippen LogP contribution in [0.1, 0.15) is 36.6 Å². The topological polar surface area (TPSA) is 20.2 Å². The summed E-state index contributed by atoms with van der Waals surface area (Å²) in [6.07, 6.45) is -3.80. The molecule has 0 aliphatic heterocycles. The number of hydrogen-bond donors (Lipinski definition) is 1. The van der Waals surface area contributed by atoms with E-state index >= 15 is 0 Å². The molecule has 1 fully saturated rings. The molecule has 1 saturated carbocycles. The minimum absolute atomic E-state index is 0.0331. The molecule has 1 aliphatic carbocycles. The molecule has 1 heteroatoms. The molecular weight excluding hydrogens is 148 g/mol. The van der Waals surface area contributed by atoms with E-state index < -0.39 is 18.3 Å². The Morgan fingerprint density at radius 2 is 1.75 bits per heavy atom. The van der Waals surface area contributed by atoms with Gasteiger partial charge in [0.2, 0.25) is 0 Å². The first kappa shape index (κ1) is 4.43. The lowest BCUT2D eigenvalue weighted by atomic mass is 9.92. The van der Waals surface area contributed by atoms with Crippen molar-refractivity contribution in [1.29, 1.82) is 0 Å². The van der Waals surface area contributed by atoms with Crippen LogP contribution in [0, 0.1) is 0 Å². The van der Waals surface area contributed by atoms with E-state index in [9.17, 15) is 5.11 Å². The summed E-state index contributed by atoms with van der Waals surface area (Å²) >= 11 is 0. The first-order valence-corrected chi connectivity index (χ1v) is 4.09. The average molecular weight is 166 g/mol. The summed E-state index contributed by atoms with van der Waals surface area (Å²) in [7, 11) is 0. The van der Waals surface area contributed by atoms with E-state index in [2.05, 4.69) is 0 Å². The number of aliphatic hydroxyl groups is 1. The fraction of sp³-hybridized carbons (Fsp3) is 0.455. The summed E-state index contributed by atoms with van der Waals surface area (Å²) in [4.78, 5) is 0. The van der Waals surface area contributed by atoms with Gasteiger partial charge in [0.1, 0.15) is 0 Å². The third kappa shape index (κ3) is 1.25. The van der Waals surface area contributed by atoms with Gasteiger partial charge < -0.3 is 5.11 Å². The maximum Gasteiger partial charge on any atom is 0.0896 e. The predicted octanol–water partition coefficient (Wildman–Crippen LogP) is 2.45. The predicted molar refractivity (Wildman–Crippen MR) is 48.8 cm³/mol. The molecule has 0 atom stereocenters. The molecule has 64 valence electrons. The van der Waals surface area contributed by atoms with Crippen molar-refractivity contribution in [2.45, 2.75) is 31.2 Å². The van der Waals surface area contributed by atoms with Gasteiger partial charge in [-0.2, -0.15) is 0 Å². The van der Waals surface area contributed by atoms with Crippen molar-refractivity contribution in [3.05, 3.63) is 35.9 Å². The van der Waals surface area contributed by atoms with Crippen LogP contribution < -0.4 is 0 Å². The lowest BCUT2D eigenvalue weighted by Crippen LogP contribution is -2.20. The van der Waals surface area contributed by atoms with E-state index in [1.165, 1.54) is 0 Å². The summed E-state index contributed by atoms with van der Waals surface area (Å²) in [6.45, 7) is 0. The summed E-state index contributed by atoms with van der Waals surface area (Å²) in [5.74, 6) is 0. The van der Waals surface area contributed by atoms with Crippen molar-refractivity contribution in [1.82, 2.24) is 0 Å². The van der Waals surface area contributed by atoms with Crippen LogP contribution in [0.2, 0.25) is 0 Å². The average Bonchev–Trinajstić information content (AvgIpc) is 2.41. The Bertz CT molecular complexity index is 372. The van der Waals surface area contributed by atoms with Crippen molar-refractivity contribution in [3.63, 3.8) is 0 Å². The Hall–Kier alpha value is -0.820. The Morgan fingerprint density at radius 3 is 2.33 bits per heavy atom. The zero-order chi connectivity index (χ0) is 12.0. The second-order valence-corrected chi connectivity index (χ2v) is 2.93. The van der Waals surface area contributed by atoms with Gasteiger partial charge in [-0.1, -0.05) is 43.2 Å². The van der Waals surface area contributed by atoms with Gasteiger partial charge in [0.05, 0.1) is 5.60 Å². The van der Waals surface area contributed by atoms with Crippen LogP contribution in [0.3, 0.4) is 0 Å². The second kappa shape index (κ2) is 2.91. The smallest absolute Gasteiger partial charge is 0.0896 e. The molecule has 0 heterocycles. The monoisotopic (exact) mass is 166 g/mol. The van der Waals surface area contributed by atoms with E-state index in [0.717, 1.165) is 0 Å². The summed E-state index contributed by atoms with van der Waals surface area (Å²) in [5, 5.41) is 10.5. The molecule has 1 N–H and O–H groups in total. The van der Waals surface area contributed by atoms with Crippen molar-refractivity contribution in [3.8, 4) is 0 Å². The maximum absolute atomic E-state index is 10.5. The van der Waals surface area contributed by atoms with Crippen molar-refractivity contribution in [2.24, 2.45) is 0 Å². The Balaban J connectivity index is 2.58. The molecule has 2 rings (SSSR count). The van der Waals surface area contributed by atoms with Crippen molar-refractivity contribution in [2.75, 3.05) is 0 Å². The van der Waals surface area contributed by atoms with Crippen molar-refractivity contribution < 1.29 is 10.6 Å². The first-order valence-electron chi connectivity index (χ1n) is 6.09. The molecule has 0 aromatic heterocycles. The molecule has 12 heavy (non-hydrogen) atoms. The number of hydrogen-bond acceptors (Lipinski definition) is 1. The highest BCUT2D eigenvalue weighted by molar-refractivity contribution is 5.22. The summed E-state index contributed by atoms with van der Waals surface area (Å²) in [6, 6.07) is 8.25. The largest absolute Gasteiger partial charge is 0.385 e. The van der Waals surface area contributed by atoms with E-state index in [-0.39, 0.29) is 12.8 Å². The summed E-state index contributed by atoms with van der Waals surface area (Å²) in [5.41, 5.74) is -1.75. The third-order valence-corrected chi connectivity index (χ3v) is 2.08. The highest BCUT2D eigenvalue weighted by atomic mass is 16.3. The van der Waals surface area contributed by atoms with Gasteiger partial charge in [0.15, 0.2) is 0 Å². The van der Waals surface area contributed by atoms with E-state index in [1.807, 2.05) is 0 Å². The van der Waals surface area contributed by atoms with Crippen LogP contribution in [0.15, 0.2) is 30.3 Å². The SMILES string of the molecule is [2H]C1([2H])CCC([2H])([2H])C1(O)c1ccccc1. The third-order valence-electron chi connectivity index (χ3n) is 2.08. The van der Waals surface area contributed by atoms with E-state index in [1.54, 1.807) is 30.3 Å². The molecule has 1 aliphatic rings. The molecule has 0 bridgehead atoms. The van der Waals surface area contributed by atoms with Gasteiger partial charge in [-0.25, -0.2) is 0 Å². The Kier molecular flexibility index (Phi) is 1.07. The van der Waals surface area contributed by atoms with Gasteiger partial charge in [-0.15, -0.1) is 0 Å². The van der Waals surface area contributed by atoms with Gasteiger partial charge in [-0.05, 0) is 18.3 Å². The molecule has 0 spiro atoms. The highest BCUT2D eigenvalue weighted by Gasteiger charge is 2.32. The normalized spacial score (nSPS) is 34.4. The lowest BCUT2D eigenvalue weighted by Gasteiger charge is -2.22. The Labute approximate surface area is 78.7 Å². The molecule has 1 aromatic carbocycles. The van der Waals surface area contributed by atoms with Crippen molar-refractivity contribution >= 4 is 0 Å². The number of benzene rings is 1. The van der Waals surface area contributed by atoms with Gasteiger partial charge >= 0.3 is 0 Å². The lowest BCUT2D eigenvalue weighted by molar-refractivity contribution is 0.0445. The molecule has 0 saturated heterocycles. The molecular formula is C11H14O. The van der Waals surface area contributed by atoms with Crippen LogP contribution in [-0.4, -0.2) is 5.11 Å². The van der Waals surface area contributed by atoms with Crippen LogP contribution in [0.5, 0.6) is 0 Å². The van der Waals surface area contributed by atoms with Crippen LogP contribution in [0.25, 0.3) is 0 Å². The van der Waals surface area contributed by atoms with E-state index in [4.69, 9.17) is 5.48 Å². The van der Waals surface area contributed by atoms with Crippen LogP contribution in [0.4, 0.5) is 0 Å². The second-order valence-electron chi connectivity index (χ2n) is 2.93. The molecule has 1 aromatic rings. The molecule has 0 unspecified atom stereocenters. The molecule has 0 amide bonds. The van der Waals surface area contributed by atoms with E-state index in [0.29, 0.717) is 5.56 Å². The minimum Gasteiger partial charge on any atom is -0.385 e. The van der Waals surface area contributed by atoms with Crippen LogP contribution in [-0.2, 0) is 5.60 Å². The standard InChI is InChI=1S/C11H14O/c12-11(8-4-5-9-11)10-6-2-1-3-7-10/h1-3,6-7,12H,4-5,8-9H2/i8D2,9D2. The number of rotatable bonds is 1. The highest BCUT2D eigenvalue weighted by Crippen LogP contribution is 2.38. The minimum atomic E-state index is -2.05. The van der Waals surface area contributed by atoms with Gasteiger partial charge in [0.25, 0.3) is 0 Å². The van der Waals surface area contributed by atoms with Gasteiger partial charge in [-0.3, -0.25) is 0 Å². The van der Waals surface area contributed by atoms with Gasteiger partial charge in [0, 0.05) is 5.48 Å². The molecule has 1 nitrogen and oxygen atoms in total. The quantitative estimate of drug-likeness (QED) is 0.679. The first-order chi connectivity index (χ1) is 7.31. The fourth-order valence-electron chi connectivity index (χ4n) is 1.43. The van der Waals surface area contributed by atoms with Crippen LogP contribution >= 0.6 is 0 Å². The Morgan fingerprint density at radius 1 is 1.17 bits per heavy atom. The summed E-state index contributed by atoms with van der Waals surface area (Å²) < 4.78 is 31.2. The fourth-order valence-corrected chi connectivity index (χ4v) is 1.43. The zero-order valence-corrected chi connectivity index (χ0v) is 6.75. The maximum atomic E-state index is 10.5. The molecule has 0 radical (unpaired) electrons. The zero-order valence-electron chi connectivity index (χ0n) is 10.7.